The Morgan fingerprint density at radius 1 is 0.927 bits per heavy atom. The van der Waals surface area contributed by atoms with Crippen molar-refractivity contribution in [2.75, 3.05) is 13.2 Å². The summed E-state index contributed by atoms with van der Waals surface area (Å²) in [5.41, 5.74) is 8.20. The zero-order valence-corrected chi connectivity index (χ0v) is 21.9. The Kier molecular flexibility index (Phi) is 6.06. The first kappa shape index (κ1) is 24.7. The molecule has 2 amide bonds. The molecule has 1 atom stereocenters. The van der Waals surface area contributed by atoms with E-state index in [2.05, 4.69) is 31.7 Å². The van der Waals surface area contributed by atoms with E-state index in [0.717, 1.165) is 44.2 Å². The second kappa shape index (κ2) is 10.0. The first-order valence-corrected chi connectivity index (χ1v) is 13.5. The Hall–Kier alpha value is -5.28. The lowest BCUT2D eigenvalue weighted by Gasteiger charge is -2.16. The number of hydrogen-bond acceptors (Lipinski definition) is 5. The van der Waals surface area contributed by atoms with Crippen molar-refractivity contribution in [2.45, 2.75) is 12.5 Å². The first-order valence-electron chi connectivity index (χ1n) is 13.5. The zero-order chi connectivity index (χ0) is 27.9. The number of benzene rings is 3. The van der Waals surface area contributed by atoms with Gasteiger partial charge in [-0.15, -0.1) is 0 Å². The maximum Gasteiger partial charge on any atom is 0.252 e. The summed E-state index contributed by atoms with van der Waals surface area (Å²) < 4.78 is 0. The number of carbonyl (C=O) groups excluding carboxylic acids is 2. The van der Waals surface area contributed by atoms with E-state index in [0.29, 0.717) is 35.6 Å². The maximum absolute atomic E-state index is 13.6. The molecule has 0 saturated carbocycles. The maximum atomic E-state index is 13.6. The fraction of sp³-hybridized carbons (Fsp3) is 0.125. The number of fused-ring (bicyclic) bond motifs is 5. The van der Waals surface area contributed by atoms with Crippen molar-refractivity contribution < 1.29 is 14.7 Å². The highest BCUT2D eigenvalue weighted by Gasteiger charge is 2.32. The summed E-state index contributed by atoms with van der Waals surface area (Å²) in [5, 5.41) is 15.8. The number of pyridine rings is 1. The Labute approximate surface area is 234 Å². The number of imidazole rings is 1. The summed E-state index contributed by atoms with van der Waals surface area (Å²) in [7, 11) is 0. The molecule has 6 aromatic rings. The molecule has 1 aliphatic rings. The molecule has 0 saturated heterocycles. The van der Waals surface area contributed by atoms with Crippen LogP contribution in [0.5, 0.6) is 0 Å². The largest absolute Gasteiger partial charge is 0.396 e. The summed E-state index contributed by atoms with van der Waals surface area (Å²) in [6.45, 7) is 0.435. The van der Waals surface area contributed by atoms with E-state index in [1.54, 1.807) is 30.6 Å². The molecule has 0 fully saturated rings. The van der Waals surface area contributed by atoms with Crippen LogP contribution in [0.25, 0.3) is 44.6 Å². The Morgan fingerprint density at radius 2 is 1.78 bits per heavy atom. The van der Waals surface area contributed by atoms with E-state index >= 15 is 0 Å². The molecule has 9 heteroatoms. The molecule has 5 N–H and O–H groups in total. The second-order valence-corrected chi connectivity index (χ2v) is 10.0. The van der Waals surface area contributed by atoms with Gasteiger partial charge < -0.3 is 25.7 Å². The molecule has 0 bridgehead atoms. The van der Waals surface area contributed by atoms with Gasteiger partial charge in [0.2, 0.25) is 0 Å². The van der Waals surface area contributed by atoms with Crippen LogP contribution in [0, 0.1) is 0 Å². The molecule has 0 spiro atoms. The number of aromatic amines is 2. The van der Waals surface area contributed by atoms with Gasteiger partial charge in [0.25, 0.3) is 11.8 Å². The average Bonchev–Trinajstić information content (AvgIpc) is 3.73. The van der Waals surface area contributed by atoms with E-state index in [-0.39, 0.29) is 24.5 Å². The zero-order valence-electron chi connectivity index (χ0n) is 21.9. The van der Waals surface area contributed by atoms with Gasteiger partial charge >= 0.3 is 0 Å². The summed E-state index contributed by atoms with van der Waals surface area (Å²) in [4.78, 5) is 41.7. The minimum absolute atomic E-state index is 0.0266. The van der Waals surface area contributed by atoms with Crippen LogP contribution in [-0.2, 0) is 0 Å². The number of aliphatic hydroxyl groups is 1. The molecule has 9 nitrogen and oxygen atoms in total. The van der Waals surface area contributed by atoms with Crippen LogP contribution in [0.3, 0.4) is 0 Å². The fourth-order valence-corrected chi connectivity index (χ4v) is 5.64. The van der Waals surface area contributed by atoms with E-state index in [4.69, 9.17) is 10.1 Å². The number of aliphatic hydroxyl groups excluding tert-OH is 1. The average molecular weight is 543 g/mol. The number of H-pyrrole nitrogens is 2. The number of amides is 2. The smallest absolute Gasteiger partial charge is 0.252 e. The lowest BCUT2D eigenvalue weighted by molar-refractivity contribution is 0.0939. The number of carbonyl (C=O) groups is 2. The van der Waals surface area contributed by atoms with Crippen molar-refractivity contribution in [1.29, 1.82) is 0 Å². The second-order valence-electron chi connectivity index (χ2n) is 10.0. The number of nitrogens with one attached hydrogen (secondary N) is 4. The molecule has 0 radical (unpaired) electrons. The van der Waals surface area contributed by atoms with Crippen molar-refractivity contribution >= 4 is 33.9 Å². The van der Waals surface area contributed by atoms with Gasteiger partial charge in [-0.25, -0.2) is 9.97 Å². The van der Waals surface area contributed by atoms with Gasteiger partial charge in [-0.1, -0.05) is 42.5 Å². The lowest BCUT2D eigenvalue weighted by atomic mass is 9.98. The summed E-state index contributed by atoms with van der Waals surface area (Å²) in [6, 6.07) is 22.7. The summed E-state index contributed by atoms with van der Waals surface area (Å²) in [6.07, 6.45) is 3.91. The number of rotatable bonds is 7. The minimum atomic E-state index is -0.339. The van der Waals surface area contributed by atoms with Gasteiger partial charge in [0, 0.05) is 42.1 Å². The van der Waals surface area contributed by atoms with Crippen LogP contribution < -0.4 is 10.6 Å². The Morgan fingerprint density at radius 3 is 2.68 bits per heavy atom. The summed E-state index contributed by atoms with van der Waals surface area (Å²) >= 11 is 0. The highest BCUT2D eigenvalue weighted by molar-refractivity contribution is 6.06. The standard InChI is InChI=1S/C32H26N6O3/c39-16-4-13-35-31(40)18-9-10-25-26(17-18)37-30(36-25)24-8-3-7-23-27(24)19-5-1-2-6-20(19)28(23)38-32(41)22-12-15-34-29-21(22)11-14-33-29/h1-3,5-12,14-15,17,28,39H,4,13,16H2,(H,33,34)(H,35,40)(H,36,37)(H,38,41)/t28-/m1/s1. The highest BCUT2D eigenvalue weighted by Crippen LogP contribution is 2.47. The van der Waals surface area contributed by atoms with Crippen molar-refractivity contribution in [3.63, 3.8) is 0 Å². The van der Waals surface area contributed by atoms with Gasteiger partial charge in [0.05, 0.1) is 22.6 Å². The highest BCUT2D eigenvalue weighted by atomic mass is 16.3. The predicted octanol–water partition coefficient (Wildman–Crippen LogP) is 4.72. The van der Waals surface area contributed by atoms with Gasteiger partial charge in [0.15, 0.2) is 0 Å². The van der Waals surface area contributed by atoms with E-state index in [1.165, 1.54) is 0 Å². The molecule has 3 heterocycles. The van der Waals surface area contributed by atoms with Gasteiger partial charge in [-0.3, -0.25) is 9.59 Å². The van der Waals surface area contributed by atoms with Crippen molar-refractivity contribution in [3.8, 4) is 22.5 Å². The van der Waals surface area contributed by atoms with Crippen molar-refractivity contribution in [3.05, 3.63) is 107 Å². The molecule has 7 rings (SSSR count). The van der Waals surface area contributed by atoms with Crippen LogP contribution in [0.2, 0.25) is 0 Å². The number of aromatic nitrogens is 4. The molecule has 0 unspecified atom stereocenters. The van der Waals surface area contributed by atoms with Crippen molar-refractivity contribution in [2.24, 2.45) is 0 Å². The minimum Gasteiger partial charge on any atom is -0.396 e. The van der Waals surface area contributed by atoms with E-state index in [1.807, 2.05) is 48.5 Å². The molecule has 3 aromatic carbocycles. The Balaban J connectivity index is 1.26. The normalized spacial score (nSPS) is 13.7. The van der Waals surface area contributed by atoms with Crippen LogP contribution in [0.4, 0.5) is 0 Å². The quantitative estimate of drug-likeness (QED) is 0.186. The van der Waals surface area contributed by atoms with E-state index in [9.17, 15) is 9.59 Å². The van der Waals surface area contributed by atoms with Gasteiger partial charge in [0.1, 0.15) is 11.5 Å². The molecular formula is C32H26N6O3. The number of hydrogen-bond donors (Lipinski definition) is 5. The fourth-order valence-electron chi connectivity index (χ4n) is 5.64. The number of nitrogens with zero attached hydrogens (tertiary/aromatic N) is 2. The van der Waals surface area contributed by atoms with Gasteiger partial charge in [-0.2, -0.15) is 0 Å². The van der Waals surface area contributed by atoms with Gasteiger partial charge in [-0.05, 0) is 59.0 Å². The van der Waals surface area contributed by atoms with E-state index < -0.39 is 0 Å². The molecule has 1 aliphatic carbocycles. The van der Waals surface area contributed by atoms with Crippen LogP contribution in [-0.4, -0.2) is 50.0 Å². The predicted molar refractivity (Wildman–Crippen MR) is 156 cm³/mol. The SMILES string of the molecule is O=C(NCCCO)c1ccc2nc(-c3cccc4c3-c3ccccc3[C@H]4NC(=O)c3ccnc4[nH]ccc34)[nH]c2c1. The molecule has 3 aromatic heterocycles. The molecule has 0 aliphatic heterocycles. The summed E-state index contributed by atoms with van der Waals surface area (Å²) in [5.74, 6) is 0.305. The molecule has 202 valence electrons. The topological polar surface area (TPSA) is 136 Å². The third kappa shape index (κ3) is 4.23. The van der Waals surface area contributed by atoms with Crippen LogP contribution >= 0.6 is 0 Å². The Bertz CT molecular complexity index is 1960. The third-order valence-electron chi connectivity index (χ3n) is 7.55. The lowest BCUT2D eigenvalue weighted by Crippen LogP contribution is -2.28. The van der Waals surface area contributed by atoms with Crippen molar-refractivity contribution in [1.82, 2.24) is 30.6 Å². The monoisotopic (exact) mass is 542 g/mol. The molecular weight excluding hydrogens is 516 g/mol. The van der Waals surface area contributed by atoms with Crippen LogP contribution in [0.1, 0.15) is 44.3 Å². The third-order valence-corrected chi connectivity index (χ3v) is 7.55. The first-order chi connectivity index (χ1) is 20.1. The molecule has 41 heavy (non-hydrogen) atoms. The van der Waals surface area contributed by atoms with Crippen LogP contribution in [0.15, 0.2) is 85.2 Å².